The first-order chi connectivity index (χ1) is 14.1. The monoisotopic (exact) mass is 448 g/mol. The lowest BCUT2D eigenvalue weighted by Crippen LogP contribution is -1.99. The van der Waals surface area contributed by atoms with Gasteiger partial charge in [-0.3, -0.25) is 0 Å². The molecule has 3 nitrogen and oxygen atoms in total. The summed E-state index contributed by atoms with van der Waals surface area (Å²) in [5.41, 5.74) is 5.93. The molecule has 0 saturated carbocycles. The van der Waals surface area contributed by atoms with Crippen LogP contribution in [0.5, 0.6) is 5.75 Å². The Bertz CT molecular complexity index is 1070. The molecule has 1 aliphatic carbocycles. The Morgan fingerprint density at radius 3 is 2.52 bits per heavy atom. The van der Waals surface area contributed by atoms with Gasteiger partial charge in [-0.25, -0.2) is 4.79 Å². The van der Waals surface area contributed by atoms with E-state index in [0.29, 0.717) is 12.2 Å². The van der Waals surface area contributed by atoms with Gasteiger partial charge < -0.3 is 9.84 Å². The Labute approximate surface area is 178 Å². The van der Waals surface area contributed by atoms with E-state index in [-0.39, 0.29) is 0 Å². The van der Waals surface area contributed by atoms with E-state index in [0.717, 1.165) is 46.2 Å². The fourth-order valence-electron chi connectivity index (χ4n) is 3.80. The smallest absolute Gasteiger partial charge is 0.335 e. The van der Waals surface area contributed by atoms with Crippen molar-refractivity contribution in [3.63, 3.8) is 0 Å². The fraction of sp³-hybridized carbons (Fsp3) is 0.160. The first-order valence-electron chi connectivity index (χ1n) is 9.64. The number of carboxylic acid groups (broad SMARTS) is 1. The molecule has 0 atom stereocenters. The number of carboxylic acids is 1. The topological polar surface area (TPSA) is 46.5 Å². The molecule has 4 rings (SSSR count). The second kappa shape index (κ2) is 8.66. The molecule has 0 aliphatic heterocycles. The van der Waals surface area contributed by atoms with Gasteiger partial charge in [0, 0.05) is 10.0 Å². The fourth-order valence-corrected chi connectivity index (χ4v) is 4.16. The highest BCUT2D eigenvalue weighted by Gasteiger charge is 2.21. The first-order valence-corrected chi connectivity index (χ1v) is 10.4. The first kappa shape index (κ1) is 19.5. The summed E-state index contributed by atoms with van der Waals surface area (Å²) in [4.78, 5) is 11.4. The van der Waals surface area contributed by atoms with Crippen molar-refractivity contribution < 1.29 is 14.6 Å². The Kier molecular flexibility index (Phi) is 5.81. The number of aromatic carboxylic acids is 1. The highest BCUT2D eigenvalue weighted by molar-refractivity contribution is 9.10. The largest absolute Gasteiger partial charge is 0.488 e. The van der Waals surface area contributed by atoms with Crippen molar-refractivity contribution in [2.24, 2.45) is 0 Å². The molecule has 29 heavy (non-hydrogen) atoms. The highest BCUT2D eigenvalue weighted by Crippen LogP contribution is 2.43. The van der Waals surface area contributed by atoms with E-state index in [4.69, 9.17) is 4.74 Å². The summed E-state index contributed by atoms with van der Waals surface area (Å²) in [6.07, 6.45) is 2.93. The van der Waals surface area contributed by atoms with Crippen LogP contribution in [-0.2, 0) is 6.61 Å². The summed E-state index contributed by atoms with van der Waals surface area (Å²) >= 11 is 3.59. The van der Waals surface area contributed by atoms with Crippen molar-refractivity contribution in [2.45, 2.75) is 25.9 Å². The van der Waals surface area contributed by atoms with Crippen LogP contribution in [-0.4, -0.2) is 11.1 Å². The van der Waals surface area contributed by atoms with Gasteiger partial charge in [0.1, 0.15) is 12.4 Å². The molecule has 0 saturated heterocycles. The molecule has 0 radical (unpaired) electrons. The molecule has 0 bridgehead atoms. The van der Waals surface area contributed by atoms with Crippen molar-refractivity contribution in [3.05, 3.63) is 99.5 Å². The van der Waals surface area contributed by atoms with Gasteiger partial charge in [0.05, 0.1) is 5.56 Å². The molecule has 0 aromatic heterocycles. The molecule has 0 unspecified atom stereocenters. The quantitative estimate of drug-likeness (QED) is 0.449. The minimum Gasteiger partial charge on any atom is -0.488 e. The van der Waals surface area contributed by atoms with Gasteiger partial charge in [-0.15, -0.1) is 0 Å². The molecule has 0 amide bonds. The van der Waals surface area contributed by atoms with Crippen LogP contribution in [0.4, 0.5) is 0 Å². The summed E-state index contributed by atoms with van der Waals surface area (Å²) in [5, 5.41) is 9.35. The van der Waals surface area contributed by atoms with Crippen LogP contribution in [0.2, 0.25) is 0 Å². The van der Waals surface area contributed by atoms with Crippen LogP contribution < -0.4 is 4.74 Å². The normalized spacial score (nSPS) is 13.6. The van der Waals surface area contributed by atoms with E-state index in [1.165, 1.54) is 11.1 Å². The van der Waals surface area contributed by atoms with Gasteiger partial charge in [-0.05, 0) is 71.9 Å². The van der Waals surface area contributed by atoms with Crippen LogP contribution in [0.3, 0.4) is 0 Å². The van der Waals surface area contributed by atoms with Crippen molar-refractivity contribution in [2.75, 3.05) is 0 Å². The standard InChI is InChI=1S/C25H21BrO3/c26-20-12-13-24(29-16-17-6-2-1-3-7-17)23(15-20)22-11-5-10-21(22)18-8-4-9-19(14-18)25(27)28/h1-4,6-9,12-15H,5,10-11,16H2,(H,27,28). The number of allylic oxidation sites excluding steroid dienone is 2. The third-order valence-electron chi connectivity index (χ3n) is 5.18. The molecular weight excluding hydrogens is 428 g/mol. The molecule has 3 aromatic carbocycles. The van der Waals surface area contributed by atoms with Crippen molar-refractivity contribution in [3.8, 4) is 5.75 Å². The van der Waals surface area contributed by atoms with Gasteiger partial charge in [0.2, 0.25) is 0 Å². The Hall–Kier alpha value is -2.85. The number of hydrogen-bond donors (Lipinski definition) is 1. The number of halogens is 1. The number of ether oxygens (including phenoxy) is 1. The number of hydrogen-bond acceptors (Lipinski definition) is 2. The average molecular weight is 449 g/mol. The Morgan fingerprint density at radius 1 is 0.931 bits per heavy atom. The minimum atomic E-state index is -0.902. The third kappa shape index (κ3) is 4.43. The van der Waals surface area contributed by atoms with Gasteiger partial charge >= 0.3 is 5.97 Å². The van der Waals surface area contributed by atoms with Gasteiger partial charge in [0.15, 0.2) is 0 Å². The Balaban J connectivity index is 1.72. The Morgan fingerprint density at radius 2 is 1.72 bits per heavy atom. The highest BCUT2D eigenvalue weighted by atomic mass is 79.9. The average Bonchev–Trinajstić information content (AvgIpc) is 3.23. The van der Waals surface area contributed by atoms with Crippen molar-refractivity contribution in [1.82, 2.24) is 0 Å². The second-order valence-corrected chi connectivity index (χ2v) is 8.03. The van der Waals surface area contributed by atoms with Crippen molar-refractivity contribution >= 4 is 33.0 Å². The van der Waals surface area contributed by atoms with Crippen molar-refractivity contribution in [1.29, 1.82) is 0 Å². The zero-order valence-corrected chi connectivity index (χ0v) is 17.5. The molecule has 0 heterocycles. The maximum absolute atomic E-state index is 11.4. The molecule has 1 aliphatic rings. The number of benzene rings is 3. The van der Waals surface area contributed by atoms with E-state index in [1.54, 1.807) is 12.1 Å². The summed E-state index contributed by atoms with van der Waals surface area (Å²) < 4.78 is 7.19. The molecule has 4 heteroatoms. The van der Waals surface area contributed by atoms with E-state index in [9.17, 15) is 9.90 Å². The lowest BCUT2D eigenvalue weighted by Gasteiger charge is -2.15. The van der Waals surface area contributed by atoms with Gasteiger partial charge in [0.25, 0.3) is 0 Å². The number of carbonyl (C=O) groups is 1. The molecule has 0 spiro atoms. The molecule has 1 N–H and O–H groups in total. The van der Waals surface area contributed by atoms with Crippen LogP contribution in [0.15, 0.2) is 77.3 Å². The lowest BCUT2D eigenvalue weighted by molar-refractivity contribution is 0.0697. The second-order valence-electron chi connectivity index (χ2n) is 7.11. The van der Waals surface area contributed by atoms with Crippen LogP contribution in [0.25, 0.3) is 11.1 Å². The SMILES string of the molecule is O=C(O)c1cccc(C2=C(c3cc(Br)ccc3OCc3ccccc3)CCC2)c1. The lowest BCUT2D eigenvalue weighted by atomic mass is 9.95. The van der Waals surface area contributed by atoms with E-state index in [1.807, 2.05) is 42.5 Å². The molecular formula is C25H21BrO3. The summed E-state index contributed by atoms with van der Waals surface area (Å²) in [7, 11) is 0. The van der Waals surface area contributed by atoms with E-state index in [2.05, 4.69) is 34.1 Å². The van der Waals surface area contributed by atoms with E-state index < -0.39 is 5.97 Å². The predicted molar refractivity (Wildman–Crippen MR) is 119 cm³/mol. The maximum atomic E-state index is 11.4. The third-order valence-corrected chi connectivity index (χ3v) is 5.67. The number of rotatable bonds is 6. The van der Waals surface area contributed by atoms with E-state index >= 15 is 0 Å². The van der Waals surface area contributed by atoms with Gasteiger partial charge in [-0.1, -0.05) is 58.4 Å². The van der Waals surface area contributed by atoms with Gasteiger partial charge in [-0.2, -0.15) is 0 Å². The van der Waals surface area contributed by atoms with Crippen LogP contribution >= 0.6 is 15.9 Å². The molecule has 0 fully saturated rings. The minimum absolute atomic E-state index is 0.316. The molecule has 146 valence electrons. The maximum Gasteiger partial charge on any atom is 0.335 e. The van der Waals surface area contributed by atoms with Crippen LogP contribution in [0.1, 0.15) is 46.3 Å². The van der Waals surface area contributed by atoms with Crippen LogP contribution in [0, 0.1) is 0 Å². The summed E-state index contributed by atoms with van der Waals surface area (Å²) in [6, 6.07) is 23.4. The zero-order chi connectivity index (χ0) is 20.2. The predicted octanol–water partition coefficient (Wildman–Crippen LogP) is 6.82. The summed E-state index contributed by atoms with van der Waals surface area (Å²) in [6.45, 7) is 0.507. The summed E-state index contributed by atoms with van der Waals surface area (Å²) in [5.74, 6) is -0.0535. The zero-order valence-electron chi connectivity index (χ0n) is 15.9. The molecule has 3 aromatic rings.